The van der Waals surface area contributed by atoms with E-state index >= 15 is 0 Å². The molecule has 0 aromatic heterocycles. The molecular weight excluding hydrogens is 306 g/mol. The molecule has 1 aromatic rings. The molecule has 0 aliphatic carbocycles. The quantitative estimate of drug-likeness (QED) is 0.823. The second-order valence-corrected chi connectivity index (χ2v) is 7.65. The lowest BCUT2D eigenvalue weighted by molar-refractivity contribution is 0.382. The van der Waals surface area contributed by atoms with E-state index in [-0.39, 0.29) is 4.99 Å². The number of hydrogen-bond donors (Lipinski definition) is 1. The van der Waals surface area contributed by atoms with Gasteiger partial charge in [0.15, 0.2) is 0 Å². The highest BCUT2D eigenvalue weighted by Gasteiger charge is 2.34. The summed E-state index contributed by atoms with van der Waals surface area (Å²) in [5.41, 5.74) is 6.69. The predicted octanol–water partition coefficient (Wildman–Crippen LogP) is 1.20. The Bertz CT molecular complexity index is 581. The molecule has 116 valence electrons. The molecule has 21 heavy (non-hydrogen) atoms. The Labute approximate surface area is 131 Å². The topological polar surface area (TPSA) is 66.6 Å². The smallest absolute Gasteiger partial charge is 0.223 e. The number of hydrogen-bond acceptors (Lipinski definition) is 4. The number of thiocarbonyl (C=S) groups is 1. The number of piperazine rings is 1. The molecule has 2 N–H and O–H groups in total. The molecule has 1 aliphatic heterocycles. The molecule has 0 saturated carbocycles. The van der Waals surface area contributed by atoms with Crippen molar-refractivity contribution in [2.75, 3.05) is 31.1 Å². The Kier molecular flexibility index (Phi) is 5.18. The first-order valence-corrected chi connectivity index (χ1v) is 8.96. The summed E-state index contributed by atoms with van der Waals surface area (Å²) in [6.45, 7) is 4.09. The summed E-state index contributed by atoms with van der Waals surface area (Å²) >= 11 is 4.89. The van der Waals surface area contributed by atoms with Crippen molar-refractivity contribution in [3.8, 4) is 0 Å². The van der Waals surface area contributed by atoms with Crippen molar-refractivity contribution < 1.29 is 8.42 Å². The second kappa shape index (κ2) is 6.72. The summed E-state index contributed by atoms with van der Waals surface area (Å²) in [6, 6.07) is 10.0. The molecule has 1 unspecified atom stereocenters. The highest BCUT2D eigenvalue weighted by molar-refractivity contribution is 7.92. The van der Waals surface area contributed by atoms with Gasteiger partial charge in [-0.3, -0.25) is 0 Å². The Morgan fingerprint density at radius 3 is 2.29 bits per heavy atom. The van der Waals surface area contributed by atoms with E-state index in [9.17, 15) is 8.42 Å². The van der Waals surface area contributed by atoms with Gasteiger partial charge < -0.3 is 10.6 Å². The van der Waals surface area contributed by atoms with Crippen molar-refractivity contribution in [3.05, 3.63) is 30.3 Å². The zero-order chi connectivity index (χ0) is 15.5. The lowest BCUT2D eigenvalue weighted by Gasteiger charge is -2.36. The van der Waals surface area contributed by atoms with E-state index in [2.05, 4.69) is 4.90 Å². The van der Waals surface area contributed by atoms with Gasteiger partial charge in [-0.1, -0.05) is 37.3 Å². The fourth-order valence-electron chi connectivity index (χ4n) is 2.58. The fraction of sp³-hybridized carbons (Fsp3) is 0.500. The summed E-state index contributed by atoms with van der Waals surface area (Å²) in [5.74, 6) is 0. The first-order chi connectivity index (χ1) is 9.96. The van der Waals surface area contributed by atoms with Gasteiger partial charge in [0.05, 0.1) is 4.99 Å². The van der Waals surface area contributed by atoms with Crippen LogP contribution >= 0.6 is 12.2 Å². The number of para-hydroxylation sites is 1. The summed E-state index contributed by atoms with van der Waals surface area (Å²) in [5, 5.41) is -0.754. The number of benzene rings is 1. The summed E-state index contributed by atoms with van der Waals surface area (Å²) in [6.07, 6.45) is 0.413. The van der Waals surface area contributed by atoms with Gasteiger partial charge in [0, 0.05) is 31.9 Å². The fourth-order valence-corrected chi connectivity index (χ4v) is 4.86. The lowest BCUT2D eigenvalue weighted by Crippen LogP contribution is -2.53. The molecule has 1 aromatic carbocycles. The van der Waals surface area contributed by atoms with Gasteiger partial charge in [0.25, 0.3) is 0 Å². The van der Waals surface area contributed by atoms with Crippen LogP contribution in [0.5, 0.6) is 0 Å². The van der Waals surface area contributed by atoms with Crippen LogP contribution in [0.1, 0.15) is 13.3 Å². The van der Waals surface area contributed by atoms with E-state index in [0.717, 1.165) is 5.69 Å². The highest BCUT2D eigenvalue weighted by Crippen LogP contribution is 2.19. The zero-order valence-electron chi connectivity index (χ0n) is 12.1. The van der Waals surface area contributed by atoms with Crippen molar-refractivity contribution in [3.63, 3.8) is 0 Å². The van der Waals surface area contributed by atoms with Crippen LogP contribution in [0.15, 0.2) is 30.3 Å². The minimum atomic E-state index is -3.44. The van der Waals surface area contributed by atoms with Crippen LogP contribution in [0.2, 0.25) is 0 Å². The van der Waals surface area contributed by atoms with Crippen LogP contribution in [0.3, 0.4) is 0 Å². The third-order valence-electron chi connectivity index (χ3n) is 3.77. The van der Waals surface area contributed by atoms with Gasteiger partial charge in [0.2, 0.25) is 10.0 Å². The molecule has 0 amide bonds. The molecule has 1 fully saturated rings. The van der Waals surface area contributed by atoms with E-state index in [1.165, 1.54) is 4.31 Å². The van der Waals surface area contributed by atoms with Crippen LogP contribution in [0.4, 0.5) is 5.69 Å². The van der Waals surface area contributed by atoms with E-state index < -0.39 is 15.3 Å². The Hall–Kier alpha value is -1.18. The minimum absolute atomic E-state index is 0.0583. The maximum atomic E-state index is 12.5. The zero-order valence-corrected chi connectivity index (χ0v) is 13.7. The van der Waals surface area contributed by atoms with E-state index in [1.807, 2.05) is 30.3 Å². The average molecular weight is 327 g/mol. The molecule has 1 saturated heterocycles. The van der Waals surface area contributed by atoms with Crippen molar-refractivity contribution in [1.29, 1.82) is 0 Å². The lowest BCUT2D eigenvalue weighted by atomic mass is 10.2. The minimum Gasteiger partial charge on any atom is -0.392 e. The van der Waals surface area contributed by atoms with E-state index in [0.29, 0.717) is 32.6 Å². The van der Waals surface area contributed by atoms with Crippen LogP contribution in [0, 0.1) is 0 Å². The molecule has 5 nitrogen and oxygen atoms in total. The Morgan fingerprint density at radius 2 is 1.81 bits per heavy atom. The first kappa shape index (κ1) is 16.2. The largest absolute Gasteiger partial charge is 0.392 e. The molecule has 1 aliphatic rings. The Balaban J connectivity index is 2.05. The number of sulfonamides is 1. The average Bonchev–Trinajstić information content (AvgIpc) is 2.48. The van der Waals surface area contributed by atoms with E-state index in [1.54, 1.807) is 6.92 Å². The number of rotatable bonds is 5. The maximum Gasteiger partial charge on any atom is 0.223 e. The van der Waals surface area contributed by atoms with Gasteiger partial charge in [-0.15, -0.1) is 0 Å². The predicted molar refractivity (Wildman–Crippen MR) is 90.0 cm³/mol. The van der Waals surface area contributed by atoms with Crippen molar-refractivity contribution in [1.82, 2.24) is 4.31 Å². The molecule has 0 bridgehead atoms. The van der Waals surface area contributed by atoms with Crippen LogP contribution in [-0.4, -0.2) is 49.1 Å². The number of nitrogens with two attached hydrogens (primary N) is 1. The van der Waals surface area contributed by atoms with Crippen LogP contribution in [0.25, 0.3) is 0 Å². The van der Waals surface area contributed by atoms with Crippen molar-refractivity contribution in [2.24, 2.45) is 5.73 Å². The standard InChI is InChI=1S/C14H21N3O2S2/c1-2-13(14(15)20)21(18,19)17-10-8-16(9-11-17)12-6-4-3-5-7-12/h3-7,13H,2,8-11H2,1H3,(H2,15,20). The van der Waals surface area contributed by atoms with Crippen molar-refractivity contribution >= 4 is 32.9 Å². The summed E-state index contributed by atoms with van der Waals surface area (Å²) in [4.78, 5) is 2.25. The molecule has 0 spiro atoms. The molecule has 1 atom stereocenters. The van der Waals surface area contributed by atoms with Crippen LogP contribution in [-0.2, 0) is 10.0 Å². The SMILES string of the molecule is CCC(C(N)=S)S(=O)(=O)N1CCN(c2ccccc2)CC1. The molecule has 7 heteroatoms. The van der Waals surface area contributed by atoms with Gasteiger partial charge >= 0.3 is 0 Å². The molecular formula is C14H21N3O2S2. The normalized spacial score (nSPS) is 18.4. The molecule has 2 rings (SSSR count). The summed E-state index contributed by atoms with van der Waals surface area (Å²) < 4.78 is 26.6. The summed E-state index contributed by atoms with van der Waals surface area (Å²) in [7, 11) is -3.44. The third kappa shape index (κ3) is 3.53. The highest BCUT2D eigenvalue weighted by atomic mass is 32.2. The number of anilines is 1. The third-order valence-corrected chi connectivity index (χ3v) is 6.59. The maximum absolute atomic E-state index is 12.5. The second-order valence-electron chi connectivity index (χ2n) is 5.07. The van der Waals surface area contributed by atoms with Crippen molar-refractivity contribution in [2.45, 2.75) is 18.6 Å². The van der Waals surface area contributed by atoms with E-state index in [4.69, 9.17) is 18.0 Å². The van der Waals surface area contributed by atoms with Gasteiger partial charge in [0.1, 0.15) is 5.25 Å². The van der Waals surface area contributed by atoms with Gasteiger partial charge in [-0.05, 0) is 18.6 Å². The number of nitrogens with zero attached hydrogens (tertiary/aromatic N) is 2. The first-order valence-electron chi connectivity index (χ1n) is 7.05. The Morgan fingerprint density at radius 1 is 1.24 bits per heavy atom. The van der Waals surface area contributed by atoms with Gasteiger partial charge in [-0.2, -0.15) is 4.31 Å². The molecule has 0 radical (unpaired) electrons. The monoisotopic (exact) mass is 327 g/mol. The molecule has 1 heterocycles. The van der Waals surface area contributed by atoms with Crippen LogP contribution < -0.4 is 10.6 Å². The van der Waals surface area contributed by atoms with Gasteiger partial charge in [-0.25, -0.2) is 8.42 Å².